The van der Waals surface area contributed by atoms with Gasteiger partial charge in [0.1, 0.15) is 0 Å². The van der Waals surface area contributed by atoms with Gasteiger partial charge in [-0.2, -0.15) is 0 Å². The minimum Gasteiger partial charge on any atom is -0.352 e. The van der Waals surface area contributed by atoms with Gasteiger partial charge >= 0.3 is 0 Å². The molecule has 3 nitrogen and oxygen atoms in total. The maximum Gasteiger partial charge on any atom is 0.246 e. The summed E-state index contributed by atoms with van der Waals surface area (Å²) in [6, 6.07) is 0. The van der Waals surface area contributed by atoms with Crippen LogP contribution in [0.3, 0.4) is 0 Å². The van der Waals surface area contributed by atoms with Crippen molar-refractivity contribution in [3.8, 4) is 0 Å². The van der Waals surface area contributed by atoms with E-state index in [9.17, 15) is 4.79 Å². The van der Waals surface area contributed by atoms with E-state index in [-0.39, 0.29) is 5.91 Å². The lowest BCUT2D eigenvalue weighted by molar-refractivity contribution is -0.117. The van der Waals surface area contributed by atoms with Gasteiger partial charge in [0.2, 0.25) is 5.91 Å². The average Bonchev–Trinajstić information content (AvgIpc) is 2.30. The van der Waals surface area contributed by atoms with Crippen LogP contribution >= 0.6 is 0 Å². The third kappa shape index (κ3) is 4.62. The van der Waals surface area contributed by atoms with Crippen molar-refractivity contribution in [1.82, 2.24) is 10.6 Å². The number of carbonyl (C=O) groups excluding carboxylic acids is 1. The van der Waals surface area contributed by atoms with Gasteiger partial charge in [-0.1, -0.05) is 24.6 Å². The smallest absolute Gasteiger partial charge is 0.246 e. The van der Waals surface area contributed by atoms with E-state index in [1.807, 2.05) is 19.9 Å². The van der Waals surface area contributed by atoms with Gasteiger partial charge in [0, 0.05) is 18.7 Å². The predicted molar refractivity (Wildman–Crippen MR) is 67.2 cm³/mol. The number of amides is 1. The summed E-state index contributed by atoms with van der Waals surface area (Å²) in [6.07, 6.45) is 7.19. The lowest BCUT2D eigenvalue weighted by atomic mass is 10.1. The molecule has 0 atom stereocenters. The van der Waals surface area contributed by atoms with E-state index >= 15 is 0 Å². The van der Waals surface area contributed by atoms with Crippen molar-refractivity contribution in [3.05, 3.63) is 23.3 Å². The Morgan fingerprint density at radius 3 is 3.06 bits per heavy atom. The van der Waals surface area contributed by atoms with Gasteiger partial charge in [-0.15, -0.1) is 0 Å². The minimum absolute atomic E-state index is 0.0661. The minimum atomic E-state index is 0.0661. The Morgan fingerprint density at radius 1 is 1.62 bits per heavy atom. The van der Waals surface area contributed by atoms with E-state index in [1.54, 1.807) is 0 Å². The third-order valence-electron chi connectivity index (χ3n) is 2.76. The molecule has 0 fully saturated rings. The summed E-state index contributed by atoms with van der Waals surface area (Å²) in [7, 11) is 0. The van der Waals surface area contributed by atoms with E-state index in [4.69, 9.17) is 0 Å². The van der Waals surface area contributed by atoms with E-state index in [0.29, 0.717) is 0 Å². The molecule has 0 saturated heterocycles. The average molecular weight is 222 g/mol. The zero-order valence-corrected chi connectivity index (χ0v) is 10.3. The fourth-order valence-corrected chi connectivity index (χ4v) is 1.77. The van der Waals surface area contributed by atoms with Crippen molar-refractivity contribution in [1.29, 1.82) is 0 Å². The van der Waals surface area contributed by atoms with Gasteiger partial charge in [0.15, 0.2) is 0 Å². The molecule has 0 unspecified atom stereocenters. The highest BCUT2D eigenvalue weighted by Crippen LogP contribution is 2.08. The standard InChI is InChI=1S/C13H22N2O/c1-3-4-11(2)13(16)15-10-7-12-5-8-14-9-6-12/h4-5,14H,3,6-10H2,1-2H3,(H,15,16)/b11-4-. The molecule has 1 aliphatic heterocycles. The molecule has 3 heteroatoms. The topological polar surface area (TPSA) is 41.1 Å². The third-order valence-corrected chi connectivity index (χ3v) is 2.76. The fourth-order valence-electron chi connectivity index (χ4n) is 1.77. The van der Waals surface area contributed by atoms with Crippen molar-refractivity contribution >= 4 is 5.91 Å². The van der Waals surface area contributed by atoms with E-state index in [0.717, 1.165) is 44.5 Å². The van der Waals surface area contributed by atoms with Gasteiger partial charge in [-0.05, 0) is 32.7 Å². The van der Waals surface area contributed by atoms with Crippen LogP contribution in [-0.2, 0) is 4.79 Å². The van der Waals surface area contributed by atoms with Crippen LogP contribution in [0.1, 0.15) is 33.1 Å². The first-order valence-electron chi connectivity index (χ1n) is 6.07. The number of carbonyl (C=O) groups is 1. The summed E-state index contributed by atoms with van der Waals surface area (Å²) in [4.78, 5) is 11.6. The van der Waals surface area contributed by atoms with Crippen molar-refractivity contribution < 1.29 is 4.79 Å². The van der Waals surface area contributed by atoms with Crippen molar-refractivity contribution in [2.75, 3.05) is 19.6 Å². The van der Waals surface area contributed by atoms with Gasteiger partial charge in [0.25, 0.3) is 0 Å². The molecule has 1 rings (SSSR count). The first-order valence-corrected chi connectivity index (χ1v) is 6.07. The first kappa shape index (κ1) is 13.0. The molecule has 0 aromatic heterocycles. The van der Waals surface area contributed by atoms with Gasteiger partial charge in [-0.25, -0.2) is 0 Å². The van der Waals surface area contributed by atoms with Gasteiger partial charge in [0.05, 0.1) is 0 Å². The SMILES string of the molecule is CC/C=C(/C)C(=O)NCCC1=CCNCC1. The monoisotopic (exact) mass is 222 g/mol. The largest absolute Gasteiger partial charge is 0.352 e. The second-order valence-electron chi connectivity index (χ2n) is 4.12. The zero-order valence-electron chi connectivity index (χ0n) is 10.3. The predicted octanol–water partition coefficient (Wildman–Crippen LogP) is 1.77. The molecule has 1 aliphatic rings. The Labute approximate surface area is 98.0 Å². The Hall–Kier alpha value is -1.09. The Morgan fingerprint density at radius 2 is 2.44 bits per heavy atom. The van der Waals surface area contributed by atoms with Gasteiger partial charge in [-0.3, -0.25) is 4.79 Å². The highest BCUT2D eigenvalue weighted by atomic mass is 16.1. The summed E-state index contributed by atoms with van der Waals surface area (Å²) >= 11 is 0. The quantitative estimate of drug-likeness (QED) is 0.550. The second-order valence-corrected chi connectivity index (χ2v) is 4.12. The molecule has 0 spiro atoms. The molecule has 0 saturated carbocycles. The summed E-state index contributed by atoms with van der Waals surface area (Å²) < 4.78 is 0. The van der Waals surface area contributed by atoms with Crippen LogP contribution in [0.25, 0.3) is 0 Å². The molecule has 2 N–H and O–H groups in total. The van der Waals surface area contributed by atoms with Gasteiger partial charge < -0.3 is 10.6 Å². The summed E-state index contributed by atoms with van der Waals surface area (Å²) in [5.74, 6) is 0.0661. The maximum atomic E-state index is 11.6. The van der Waals surface area contributed by atoms with Crippen molar-refractivity contribution in [2.45, 2.75) is 33.1 Å². The molecule has 0 bridgehead atoms. The number of hydrogen-bond acceptors (Lipinski definition) is 2. The molecule has 1 heterocycles. The summed E-state index contributed by atoms with van der Waals surface area (Å²) in [6.45, 7) is 6.69. The molecule has 0 aromatic carbocycles. The van der Waals surface area contributed by atoms with E-state index in [2.05, 4.69) is 16.7 Å². The number of allylic oxidation sites excluding steroid dienone is 1. The fraction of sp³-hybridized carbons (Fsp3) is 0.615. The van der Waals surface area contributed by atoms with E-state index < -0.39 is 0 Å². The van der Waals surface area contributed by atoms with Crippen molar-refractivity contribution in [2.24, 2.45) is 0 Å². The molecular weight excluding hydrogens is 200 g/mol. The van der Waals surface area contributed by atoms with Crippen LogP contribution < -0.4 is 10.6 Å². The van der Waals surface area contributed by atoms with Crippen LogP contribution in [0.15, 0.2) is 23.3 Å². The van der Waals surface area contributed by atoms with E-state index in [1.165, 1.54) is 5.57 Å². The highest BCUT2D eigenvalue weighted by molar-refractivity contribution is 5.92. The normalized spacial score (nSPS) is 16.9. The summed E-state index contributed by atoms with van der Waals surface area (Å²) in [5, 5.41) is 6.22. The lowest BCUT2D eigenvalue weighted by Crippen LogP contribution is -2.27. The van der Waals surface area contributed by atoms with Crippen LogP contribution in [0, 0.1) is 0 Å². The van der Waals surface area contributed by atoms with Crippen LogP contribution in [-0.4, -0.2) is 25.5 Å². The molecule has 90 valence electrons. The van der Waals surface area contributed by atoms with Crippen LogP contribution in [0.2, 0.25) is 0 Å². The molecule has 0 aliphatic carbocycles. The zero-order chi connectivity index (χ0) is 11.8. The van der Waals surface area contributed by atoms with Crippen LogP contribution in [0.4, 0.5) is 0 Å². The second kappa shape index (κ2) is 7.23. The number of rotatable bonds is 5. The molecule has 0 radical (unpaired) electrons. The molecule has 0 aromatic rings. The highest BCUT2D eigenvalue weighted by Gasteiger charge is 2.05. The number of hydrogen-bond donors (Lipinski definition) is 2. The summed E-state index contributed by atoms with van der Waals surface area (Å²) in [5.41, 5.74) is 2.28. The number of nitrogens with one attached hydrogen (secondary N) is 2. The Balaban J connectivity index is 2.22. The Bertz CT molecular complexity index is 292. The lowest BCUT2D eigenvalue weighted by Gasteiger charge is -2.14. The molecular formula is C13H22N2O. The molecule has 16 heavy (non-hydrogen) atoms. The Kier molecular flexibility index (Phi) is 5.86. The van der Waals surface area contributed by atoms with Crippen molar-refractivity contribution in [3.63, 3.8) is 0 Å². The molecule has 1 amide bonds. The maximum absolute atomic E-state index is 11.6. The first-order chi connectivity index (χ1) is 7.74. The van der Waals surface area contributed by atoms with Crippen LogP contribution in [0.5, 0.6) is 0 Å².